The lowest BCUT2D eigenvalue weighted by atomic mass is 9.85. The monoisotopic (exact) mass is 715 g/mol. The summed E-state index contributed by atoms with van der Waals surface area (Å²) in [6.07, 6.45) is 0.943. The Bertz CT molecular complexity index is 3440. The van der Waals surface area contributed by atoms with Gasteiger partial charge in [0.2, 0.25) is 0 Å². The van der Waals surface area contributed by atoms with Crippen molar-refractivity contribution in [2.75, 3.05) is 0 Å². The average Bonchev–Trinajstić information content (AvgIpc) is 3.90. The molecule has 0 saturated carbocycles. The second-order valence-corrected chi connectivity index (χ2v) is 15.3. The Morgan fingerprint density at radius 3 is 1.82 bits per heavy atom. The normalized spacial score (nSPS) is 15.8. The standard InChI is InChI=1S/C53H37N3/c1-2-38-51(36-27-25-35(26-28-36)33-15-5-3-6-16-33)54-44-22-12-9-20-40(44)52(38)56-47-30-29-37(34-17-7-4-8-18-34)31-43(47)49-48(56)32-42-39-19-10-13-23-45(39)55-46-24-14-11-21-41(46)50(49)53(42)55/h3-32,38,51H,2H2,1H3. The SMILES string of the molecule is CCC1C(n2c3ccc(-c4ccccc4)cc3c3c4c5ccccc5n5c6ccccc6c(cc32)c45)=c2ccccc2=NC1c1ccc(-c2ccccc2)cc1. The molecule has 56 heavy (non-hydrogen) atoms. The Morgan fingerprint density at radius 1 is 0.464 bits per heavy atom. The van der Waals surface area contributed by atoms with Gasteiger partial charge in [-0.1, -0.05) is 153 Å². The molecule has 0 bridgehead atoms. The average molecular weight is 716 g/mol. The zero-order chi connectivity index (χ0) is 36.9. The molecule has 1 aliphatic heterocycles. The molecule has 1 aliphatic rings. The predicted molar refractivity (Wildman–Crippen MR) is 234 cm³/mol. The zero-order valence-electron chi connectivity index (χ0n) is 31.0. The highest BCUT2D eigenvalue weighted by Crippen LogP contribution is 2.48. The van der Waals surface area contributed by atoms with Gasteiger partial charge in [-0.05, 0) is 70.6 Å². The van der Waals surface area contributed by atoms with Crippen molar-refractivity contribution >= 4 is 65.6 Å². The first-order valence-electron chi connectivity index (χ1n) is 19.8. The number of hydrogen-bond acceptors (Lipinski definition) is 1. The summed E-state index contributed by atoms with van der Waals surface area (Å²) in [4.78, 5) is 5.56. The van der Waals surface area contributed by atoms with E-state index in [0.29, 0.717) is 0 Å². The molecule has 2 atom stereocenters. The highest BCUT2D eigenvalue weighted by molar-refractivity contribution is 6.36. The van der Waals surface area contributed by atoms with Crippen LogP contribution in [0.25, 0.3) is 87.9 Å². The van der Waals surface area contributed by atoms with E-state index in [1.165, 1.54) is 98.6 Å². The first-order chi connectivity index (χ1) is 27.8. The van der Waals surface area contributed by atoms with Crippen molar-refractivity contribution in [1.82, 2.24) is 8.97 Å². The number of hydrogen-bond donors (Lipinski definition) is 0. The lowest BCUT2D eigenvalue weighted by molar-refractivity contribution is 0.489. The van der Waals surface area contributed by atoms with Crippen LogP contribution in [0.5, 0.6) is 0 Å². The van der Waals surface area contributed by atoms with Crippen molar-refractivity contribution in [3.05, 3.63) is 198 Å². The van der Waals surface area contributed by atoms with Gasteiger partial charge in [0.15, 0.2) is 0 Å². The second kappa shape index (κ2) is 12.0. The molecule has 4 heterocycles. The van der Waals surface area contributed by atoms with Crippen LogP contribution in [0.4, 0.5) is 0 Å². The van der Waals surface area contributed by atoms with Crippen LogP contribution in [-0.4, -0.2) is 8.97 Å². The zero-order valence-corrected chi connectivity index (χ0v) is 31.0. The summed E-state index contributed by atoms with van der Waals surface area (Å²) in [6, 6.07) is 66.9. The van der Waals surface area contributed by atoms with Gasteiger partial charge >= 0.3 is 0 Å². The number of rotatable bonds is 5. The van der Waals surface area contributed by atoms with Crippen LogP contribution < -0.4 is 10.6 Å². The first-order valence-corrected chi connectivity index (χ1v) is 19.8. The van der Waals surface area contributed by atoms with Gasteiger partial charge in [-0.15, -0.1) is 0 Å². The summed E-state index contributed by atoms with van der Waals surface area (Å²) in [5, 5.41) is 10.0. The molecule has 0 N–H and O–H groups in total. The fourth-order valence-corrected chi connectivity index (χ4v) is 9.99. The number of para-hydroxylation sites is 3. The lowest BCUT2D eigenvalue weighted by Gasteiger charge is -2.31. The maximum Gasteiger partial charge on any atom is 0.0839 e. The van der Waals surface area contributed by atoms with Crippen molar-refractivity contribution in [3.8, 4) is 22.3 Å². The summed E-state index contributed by atoms with van der Waals surface area (Å²) < 4.78 is 5.14. The molecule has 11 aromatic rings. The number of nitrogens with zero attached hydrogens (tertiary/aromatic N) is 3. The van der Waals surface area contributed by atoms with Gasteiger partial charge in [-0.3, -0.25) is 4.99 Å². The largest absolute Gasteiger partial charge is 0.312 e. The molecule has 3 aromatic heterocycles. The number of benzene rings is 8. The van der Waals surface area contributed by atoms with E-state index in [4.69, 9.17) is 4.99 Å². The van der Waals surface area contributed by atoms with Crippen molar-refractivity contribution in [2.45, 2.75) is 19.4 Å². The van der Waals surface area contributed by atoms with Gasteiger partial charge < -0.3 is 8.97 Å². The van der Waals surface area contributed by atoms with E-state index in [9.17, 15) is 0 Å². The third-order valence-corrected chi connectivity index (χ3v) is 12.4. The quantitative estimate of drug-likeness (QED) is 0.169. The third kappa shape index (κ3) is 4.37. The molecule has 0 radical (unpaired) electrons. The lowest BCUT2D eigenvalue weighted by Crippen LogP contribution is -2.38. The van der Waals surface area contributed by atoms with Crippen LogP contribution >= 0.6 is 0 Å². The van der Waals surface area contributed by atoms with Crippen molar-refractivity contribution in [3.63, 3.8) is 0 Å². The first kappa shape index (κ1) is 31.4. The maximum absolute atomic E-state index is 5.56. The van der Waals surface area contributed by atoms with Gasteiger partial charge in [-0.25, -0.2) is 0 Å². The van der Waals surface area contributed by atoms with Crippen LogP contribution in [0.1, 0.15) is 24.9 Å². The molecule has 12 rings (SSSR count). The van der Waals surface area contributed by atoms with Crippen LogP contribution in [0.3, 0.4) is 0 Å². The second-order valence-electron chi connectivity index (χ2n) is 15.3. The fourth-order valence-electron chi connectivity index (χ4n) is 9.99. The van der Waals surface area contributed by atoms with E-state index in [-0.39, 0.29) is 12.0 Å². The van der Waals surface area contributed by atoms with E-state index in [0.717, 1.165) is 11.8 Å². The van der Waals surface area contributed by atoms with Crippen LogP contribution in [0, 0.1) is 5.92 Å². The Hall–Kier alpha value is -6.97. The summed E-state index contributed by atoms with van der Waals surface area (Å²) in [5.41, 5.74) is 13.7. The highest BCUT2D eigenvalue weighted by atomic mass is 15.0. The Labute approximate surface area is 324 Å². The van der Waals surface area contributed by atoms with Gasteiger partial charge in [-0.2, -0.15) is 0 Å². The Kier molecular flexibility index (Phi) is 6.73. The molecule has 8 aromatic carbocycles. The molecular formula is C53H37N3. The molecule has 0 fully saturated rings. The van der Waals surface area contributed by atoms with Crippen molar-refractivity contribution in [2.24, 2.45) is 10.9 Å². The minimum absolute atomic E-state index is 0.0349. The molecule has 3 heteroatoms. The highest BCUT2D eigenvalue weighted by Gasteiger charge is 2.33. The van der Waals surface area contributed by atoms with Crippen molar-refractivity contribution in [1.29, 1.82) is 0 Å². The summed E-state index contributed by atoms with van der Waals surface area (Å²) in [6.45, 7) is 2.34. The molecule has 264 valence electrons. The minimum atomic E-state index is -0.0349. The molecule has 2 unspecified atom stereocenters. The molecule has 0 spiro atoms. The minimum Gasteiger partial charge on any atom is -0.312 e. The van der Waals surface area contributed by atoms with Crippen molar-refractivity contribution < 1.29 is 0 Å². The van der Waals surface area contributed by atoms with E-state index in [1.54, 1.807) is 0 Å². The molecule has 0 aliphatic carbocycles. The summed E-state index contributed by atoms with van der Waals surface area (Å²) in [5.74, 6) is 0.137. The molecule has 3 nitrogen and oxygen atoms in total. The van der Waals surface area contributed by atoms with Gasteiger partial charge in [0, 0.05) is 49.2 Å². The molecule has 0 saturated heterocycles. The fraction of sp³-hybridized carbons (Fsp3) is 0.0755. The number of fused-ring (bicyclic) bond motifs is 11. The summed E-state index contributed by atoms with van der Waals surface area (Å²) >= 11 is 0. The molecule has 0 amide bonds. The van der Waals surface area contributed by atoms with Crippen LogP contribution in [-0.2, 0) is 0 Å². The summed E-state index contributed by atoms with van der Waals surface area (Å²) in [7, 11) is 0. The maximum atomic E-state index is 5.56. The van der Waals surface area contributed by atoms with E-state index < -0.39 is 0 Å². The van der Waals surface area contributed by atoms with Gasteiger partial charge in [0.05, 0.1) is 39.0 Å². The van der Waals surface area contributed by atoms with Gasteiger partial charge in [0.1, 0.15) is 0 Å². The Balaban J connectivity index is 1.21. The van der Waals surface area contributed by atoms with Crippen LogP contribution in [0.2, 0.25) is 0 Å². The molecular weight excluding hydrogens is 679 g/mol. The van der Waals surface area contributed by atoms with Crippen LogP contribution in [0.15, 0.2) is 187 Å². The Morgan fingerprint density at radius 2 is 1.07 bits per heavy atom. The third-order valence-electron chi connectivity index (χ3n) is 12.4. The van der Waals surface area contributed by atoms with E-state index >= 15 is 0 Å². The smallest absolute Gasteiger partial charge is 0.0839 e. The van der Waals surface area contributed by atoms with E-state index in [1.807, 2.05) is 0 Å². The topological polar surface area (TPSA) is 21.7 Å². The number of aromatic nitrogens is 2. The van der Waals surface area contributed by atoms with Gasteiger partial charge in [0.25, 0.3) is 0 Å². The van der Waals surface area contributed by atoms with E-state index in [2.05, 4.69) is 198 Å². The predicted octanol–water partition coefficient (Wildman–Crippen LogP) is 12.3.